The highest BCUT2D eigenvalue weighted by molar-refractivity contribution is 7.18. The standard InChI is InChI=1S/C28H32N2O4S2/c1-18-2-4-22(5-3-18)27(31)30(15-19-10-12-34-13-11-19)24-14-25(36-26(24)28(32)33)21-8-6-20(7-9-21)23-16-35-17-29-23/h6-9,14,16-19,22H,2-5,10-13,15H2,1H3,(H,32,33). The van der Waals surface area contributed by atoms with E-state index < -0.39 is 5.97 Å². The summed E-state index contributed by atoms with van der Waals surface area (Å²) in [5.41, 5.74) is 5.25. The molecular weight excluding hydrogens is 492 g/mol. The Hall–Kier alpha value is -2.55. The van der Waals surface area contributed by atoms with Gasteiger partial charge in [0.25, 0.3) is 0 Å². The molecule has 1 saturated heterocycles. The van der Waals surface area contributed by atoms with Gasteiger partial charge in [-0.1, -0.05) is 31.2 Å². The van der Waals surface area contributed by atoms with Crippen molar-refractivity contribution in [1.82, 2.24) is 4.98 Å². The molecule has 5 rings (SSSR count). The highest BCUT2D eigenvalue weighted by Crippen LogP contribution is 2.40. The van der Waals surface area contributed by atoms with Crippen LogP contribution in [0.5, 0.6) is 0 Å². The summed E-state index contributed by atoms with van der Waals surface area (Å²) < 4.78 is 5.54. The lowest BCUT2D eigenvalue weighted by molar-refractivity contribution is -0.123. The number of hydrogen-bond acceptors (Lipinski definition) is 6. The number of carbonyl (C=O) groups is 2. The monoisotopic (exact) mass is 524 g/mol. The first-order chi connectivity index (χ1) is 17.5. The number of benzene rings is 1. The van der Waals surface area contributed by atoms with E-state index in [2.05, 4.69) is 11.9 Å². The molecule has 2 fully saturated rings. The summed E-state index contributed by atoms with van der Waals surface area (Å²) in [6.07, 6.45) is 5.64. The number of carboxylic acid groups (broad SMARTS) is 1. The van der Waals surface area contributed by atoms with Gasteiger partial charge in [0.05, 0.1) is 16.9 Å². The van der Waals surface area contributed by atoms with Gasteiger partial charge >= 0.3 is 5.97 Å². The molecule has 2 aromatic heterocycles. The molecule has 8 heteroatoms. The smallest absolute Gasteiger partial charge is 0.348 e. The number of nitrogens with zero attached hydrogens (tertiary/aromatic N) is 2. The molecule has 6 nitrogen and oxygen atoms in total. The first-order valence-electron chi connectivity index (χ1n) is 12.7. The predicted octanol–water partition coefficient (Wildman–Crippen LogP) is 6.82. The molecule has 1 aromatic carbocycles. The van der Waals surface area contributed by atoms with Crippen LogP contribution in [0.1, 0.15) is 55.1 Å². The number of hydrogen-bond donors (Lipinski definition) is 1. The summed E-state index contributed by atoms with van der Waals surface area (Å²) >= 11 is 2.80. The molecule has 1 aliphatic heterocycles. The number of aromatic nitrogens is 1. The average molecular weight is 525 g/mol. The number of anilines is 1. The molecule has 0 unspecified atom stereocenters. The van der Waals surface area contributed by atoms with Crippen molar-refractivity contribution < 1.29 is 19.4 Å². The third kappa shape index (κ3) is 5.56. The van der Waals surface area contributed by atoms with Crippen LogP contribution in [0.25, 0.3) is 21.7 Å². The number of thiophene rings is 1. The van der Waals surface area contributed by atoms with Crippen molar-refractivity contribution in [3.8, 4) is 21.7 Å². The summed E-state index contributed by atoms with van der Waals surface area (Å²) in [6.45, 7) is 4.18. The van der Waals surface area contributed by atoms with Crippen molar-refractivity contribution in [2.45, 2.75) is 45.4 Å². The summed E-state index contributed by atoms with van der Waals surface area (Å²) in [5.74, 6) is 0.0186. The average Bonchev–Trinajstić information content (AvgIpc) is 3.59. The van der Waals surface area contributed by atoms with Gasteiger partial charge in [0, 0.05) is 41.5 Å². The third-order valence-corrected chi connectivity index (χ3v) is 9.26. The van der Waals surface area contributed by atoms with Crippen molar-refractivity contribution >= 4 is 40.2 Å². The van der Waals surface area contributed by atoms with Gasteiger partial charge in [0.2, 0.25) is 5.91 Å². The molecule has 2 aliphatic rings. The van der Waals surface area contributed by atoms with Crippen LogP contribution in [0.4, 0.5) is 5.69 Å². The number of aromatic carboxylic acids is 1. The fraction of sp³-hybridized carbons (Fsp3) is 0.464. The van der Waals surface area contributed by atoms with Crippen molar-refractivity contribution in [2.75, 3.05) is 24.7 Å². The van der Waals surface area contributed by atoms with E-state index in [-0.39, 0.29) is 16.7 Å². The number of thiazole rings is 1. The molecule has 0 atom stereocenters. The van der Waals surface area contributed by atoms with Crippen LogP contribution < -0.4 is 4.90 Å². The minimum Gasteiger partial charge on any atom is -0.477 e. The maximum Gasteiger partial charge on any atom is 0.348 e. The zero-order chi connectivity index (χ0) is 25.1. The van der Waals surface area contributed by atoms with E-state index >= 15 is 0 Å². The fourth-order valence-corrected chi connectivity index (χ4v) is 6.83. The zero-order valence-corrected chi connectivity index (χ0v) is 22.2. The first kappa shape index (κ1) is 25.1. The predicted molar refractivity (Wildman–Crippen MR) is 145 cm³/mol. The van der Waals surface area contributed by atoms with Gasteiger partial charge in [-0.05, 0) is 62.0 Å². The molecule has 190 valence electrons. The largest absolute Gasteiger partial charge is 0.477 e. The Kier molecular flexibility index (Phi) is 7.84. The summed E-state index contributed by atoms with van der Waals surface area (Å²) in [4.78, 5) is 33.5. The minimum absolute atomic E-state index is 0.0385. The van der Waals surface area contributed by atoms with Crippen molar-refractivity contribution in [3.05, 3.63) is 46.1 Å². The van der Waals surface area contributed by atoms with Gasteiger partial charge in [-0.25, -0.2) is 9.78 Å². The molecule has 3 heterocycles. The molecule has 1 amide bonds. The van der Waals surface area contributed by atoms with E-state index in [1.54, 1.807) is 11.3 Å². The van der Waals surface area contributed by atoms with Gasteiger partial charge in [-0.3, -0.25) is 4.79 Å². The Balaban J connectivity index is 1.47. The molecule has 36 heavy (non-hydrogen) atoms. The van der Waals surface area contributed by atoms with E-state index in [4.69, 9.17) is 4.74 Å². The molecule has 0 spiro atoms. The van der Waals surface area contributed by atoms with Gasteiger partial charge in [0.15, 0.2) is 0 Å². The summed E-state index contributed by atoms with van der Waals surface area (Å²) in [7, 11) is 0. The number of rotatable bonds is 7. The summed E-state index contributed by atoms with van der Waals surface area (Å²) in [5, 5.41) is 12.1. The Morgan fingerprint density at radius 3 is 2.39 bits per heavy atom. The SMILES string of the molecule is CC1CCC(C(=O)N(CC2CCOCC2)c2cc(-c3ccc(-c4cscn4)cc3)sc2C(=O)O)CC1. The van der Waals surface area contributed by atoms with Gasteiger partial charge in [0.1, 0.15) is 4.88 Å². The molecule has 3 aromatic rings. The van der Waals surface area contributed by atoms with Crippen LogP contribution in [0.3, 0.4) is 0 Å². The third-order valence-electron chi connectivity index (χ3n) is 7.51. The van der Waals surface area contributed by atoms with E-state index in [1.807, 2.05) is 46.1 Å². The molecule has 0 radical (unpaired) electrons. The molecular formula is C28H32N2O4S2. The number of carbonyl (C=O) groups excluding carboxylic acids is 1. The highest BCUT2D eigenvalue weighted by atomic mass is 32.1. The van der Waals surface area contributed by atoms with Crippen LogP contribution in [-0.4, -0.2) is 41.7 Å². The number of carboxylic acids is 1. The van der Waals surface area contributed by atoms with E-state index in [1.165, 1.54) is 11.3 Å². The maximum atomic E-state index is 13.9. The van der Waals surface area contributed by atoms with Crippen LogP contribution in [-0.2, 0) is 9.53 Å². The van der Waals surface area contributed by atoms with Crippen LogP contribution in [0.15, 0.2) is 41.2 Å². The topological polar surface area (TPSA) is 79.7 Å². The number of amides is 1. The molecule has 1 saturated carbocycles. The molecule has 0 bridgehead atoms. The van der Waals surface area contributed by atoms with Crippen LogP contribution in [0, 0.1) is 17.8 Å². The second-order valence-electron chi connectivity index (χ2n) is 10.0. The normalized spacial score (nSPS) is 20.8. The van der Waals surface area contributed by atoms with Crippen LogP contribution >= 0.6 is 22.7 Å². The van der Waals surface area contributed by atoms with Gasteiger partial charge < -0.3 is 14.7 Å². The highest BCUT2D eigenvalue weighted by Gasteiger charge is 2.33. The second kappa shape index (κ2) is 11.2. The van der Waals surface area contributed by atoms with Gasteiger partial charge in [-0.2, -0.15) is 0 Å². The van der Waals surface area contributed by atoms with Crippen molar-refractivity contribution in [3.63, 3.8) is 0 Å². The Labute approximate surface area is 219 Å². The summed E-state index contributed by atoms with van der Waals surface area (Å²) in [6, 6.07) is 9.94. The van der Waals surface area contributed by atoms with Gasteiger partial charge in [-0.15, -0.1) is 22.7 Å². The van der Waals surface area contributed by atoms with E-state index in [0.717, 1.165) is 60.2 Å². The minimum atomic E-state index is -0.984. The maximum absolute atomic E-state index is 13.9. The van der Waals surface area contributed by atoms with Crippen molar-refractivity contribution in [2.24, 2.45) is 17.8 Å². The second-order valence-corrected chi connectivity index (χ2v) is 11.8. The first-order valence-corrected chi connectivity index (χ1v) is 14.5. The Bertz CT molecular complexity index is 1170. The van der Waals surface area contributed by atoms with E-state index in [9.17, 15) is 14.7 Å². The lowest BCUT2D eigenvalue weighted by Gasteiger charge is -2.34. The Morgan fingerprint density at radius 2 is 1.75 bits per heavy atom. The fourth-order valence-electron chi connectivity index (χ4n) is 5.26. The Morgan fingerprint density at radius 1 is 1.06 bits per heavy atom. The van der Waals surface area contributed by atoms with Crippen molar-refractivity contribution in [1.29, 1.82) is 0 Å². The lowest BCUT2D eigenvalue weighted by atomic mass is 9.82. The molecule has 1 N–H and O–H groups in total. The molecule has 1 aliphatic carbocycles. The zero-order valence-electron chi connectivity index (χ0n) is 20.5. The number of ether oxygens (including phenoxy) is 1. The quantitative estimate of drug-likeness (QED) is 0.367. The lowest BCUT2D eigenvalue weighted by Crippen LogP contribution is -2.42. The van der Waals surface area contributed by atoms with Crippen LogP contribution in [0.2, 0.25) is 0 Å². The van der Waals surface area contributed by atoms with E-state index in [0.29, 0.717) is 37.3 Å².